The predicted octanol–water partition coefficient (Wildman–Crippen LogP) is 5.37. The molecule has 5 rings (SSSR count). The van der Waals surface area contributed by atoms with E-state index in [9.17, 15) is 22.8 Å². The van der Waals surface area contributed by atoms with E-state index in [1.165, 1.54) is 12.2 Å². The topological polar surface area (TPSA) is 65.5 Å². The molecule has 2 amide bonds. The molecule has 0 atom stereocenters. The quantitative estimate of drug-likeness (QED) is 0.324. The molecule has 0 radical (unpaired) electrons. The normalized spacial score (nSPS) is 17.2. The zero-order valence-corrected chi connectivity index (χ0v) is 23.0. The minimum Gasteiger partial charge on any atom is -0.350 e. The van der Waals surface area contributed by atoms with E-state index in [4.69, 9.17) is 0 Å². The third-order valence-electron chi connectivity index (χ3n) is 8.02. The van der Waals surface area contributed by atoms with Crippen LogP contribution in [0.5, 0.6) is 0 Å². The Labute approximate surface area is 237 Å². The van der Waals surface area contributed by atoms with Gasteiger partial charge in [0.2, 0.25) is 5.91 Å². The van der Waals surface area contributed by atoms with Crippen molar-refractivity contribution in [2.75, 3.05) is 26.2 Å². The zero-order chi connectivity index (χ0) is 28.9. The van der Waals surface area contributed by atoms with E-state index in [1.807, 2.05) is 48.2 Å². The summed E-state index contributed by atoms with van der Waals surface area (Å²) in [6.45, 7) is 5.05. The highest BCUT2D eigenvalue weighted by atomic mass is 19.2. The molecule has 214 valence electrons. The lowest BCUT2D eigenvalue weighted by Crippen LogP contribution is -2.51. The Balaban J connectivity index is 1.10. The second kappa shape index (κ2) is 12.7. The standard InChI is InChI=1S/C32H33F3N4O2/c1-21-5-2-3-6-25(21)31-26(7-4-14-36-31)32(41)39-17-12-24(13-18-39)38-15-10-23(11-16-38)37-29(40)9-8-22-19-27(33)30(35)28(34)20-22/h2-9,14,19-20,23-24H,10-13,15-18H2,1H3,(H,37,40)/b9-8+. The highest BCUT2D eigenvalue weighted by Crippen LogP contribution is 2.27. The van der Waals surface area contributed by atoms with Gasteiger partial charge in [0.1, 0.15) is 0 Å². The lowest BCUT2D eigenvalue weighted by Gasteiger charge is -2.42. The zero-order valence-electron chi connectivity index (χ0n) is 23.0. The second-order valence-corrected chi connectivity index (χ2v) is 10.7. The summed E-state index contributed by atoms with van der Waals surface area (Å²) >= 11 is 0. The first-order valence-corrected chi connectivity index (χ1v) is 14.0. The summed E-state index contributed by atoms with van der Waals surface area (Å²) in [5.41, 5.74) is 3.46. The fourth-order valence-electron chi connectivity index (χ4n) is 5.74. The maximum atomic E-state index is 13.5. The number of benzene rings is 2. The van der Waals surface area contributed by atoms with Gasteiger partial charge >= 0.3 is 0 Å². The number of aryl methyl sites for hydroxylation is 1. The van der Waals surface area contributed by atoms with Gasteiger partial charge in [0.05, 0.1) is 11.3 Å². The summed E-state index contributed by atoms with van der Waals surface area (Å²) in [4.78, 5) is 34.7. The first-order chi connectivity index (χ1) is 19.8. The van der Waals surface area contributed by atoms with Crippen molar-refractivity contribution in [3.8, 4) is 11.3 Å². The molecule has 0 spiro atoms. The SMILES string of the molecule is Cc1ccccc1-c1ncccc1C(=O)N1CCC(N2CCC(NC(=O)/C=C/c3cc(F)c(F)c(F)c3)CC2)CC1. The van der Waals surface area contributed by atoms with Crippen molar-refractivity contribution in [3.63, 3.8) is 0 Å². The third-order valence-corrected chi connectivity index (χ3v) is 8.02. The molecule has 1 N–H and O–H groups in total. The molecule has 0 bridgehead atoms. The molecule has 2 aromatic carbocycles. The maximum absolute atomic E-state index is 13.5. The molecule has 2 aliphatic heterocycles. The van der Waals surface area contributed by atoms with Crippen LogP contribution in [0.4, 0.5) is 13.2 Å². The summed E-state index contributed by atoms with van der Waals surface area (Å²) in [5, 5.41) is 2.94. The Bertz CT molecular complexity index is 1420. The molecule has 0 aliphatic carbocycles. The van der Waals surface area contributed by atoms with E-state index < -0.39 is 17.5 Å². The number of nitrogens with one attached hydrogen (secondary N) is 1. The van der Waals surface area contributed by atoms with Gasteiger partial charge in [0.15, 0.2) is 17.5 Å². The summed E-state index contributed by atoms with van der Waals surface area (Å²) in [6, 6.07) is 13.7. The van der Waals surface area contributed by atoms with Gasteiger partial charge in [0, 0.05) is 56.1 Å². The molecule has 1 aromatic heterocycles. The first-order valence-electron chi connectivity index (χ1n) is 14.0. The predicted molar refractivity (Wildman–Crippen MR) is 151 cm³/mol. The minimum absolute atomic E-state index is 0.00259. The van der Waals surface area contributed by atoms with E-state index in [0.29, 0.717) is 30.4 Å². The van der Waals surface area contributed by atoms with Crippen LogP contribution in [0.3, 0.4) is 0 Å². The first kappa shape index (κ1) is 28.5. The number of pyridine rings is 1. The molecule has 9 heteroatoms. The van der Waals surface area contributed by atoms with Gasteiger partial charge in [-0.05, 0) is 74.1 Å². The average Bonchev–Trinajstić information content (AvgIpc) is 2.99. The molecular weight excluding hydrogens is 529 g/mol. The van der Waals surface area contributed by atoms with Crippen LogP contribution < -0.4 is 5.32 Å². The maximum Gasteiger partial charge on any atom is 0.256 e. The number of piperidine rings is 2. The molecule has 6 nitrogen and oxygen atoms in total. The number of amides is 2. The molecule has 0 saturated carbocycles. The lowest BCUT2D eigenvalue weighted by atomic mass is 9.96. The molecule has 0 unspecified atom stereocenters. The van der Waals surface area contributed by atoms with Gasteiger partial charge in [-0.1, -0.05) is 24.3 Å². The van der Waals surface area contributed by atoms with E-state index in [2.05, 4.69) is 15.2 Å². The van der Waals surface area contributed by atoms with Crippen molar-refractivity contribution >= 4 is 17.9 Å². The molecule has 2 aliphatic rings. The van der Waals surface area contributed by atoms with Crippen LogP contribution in [-0.4, -0.2) is 64.9 Å². The van der Waals surface area contributed by atoms with Gasteiger partial charge in [-0.25, -0.2) is 13.2 Å². The monoisotopic (exact) mass is 562 g/mol. The molecule has 2 saturated heterocycles. The highest BCUT2D eigenvalue weighted by Gasteiger charge is 2.31. The Morgan fingerprint density at radius 2 is 1.61 bits per heavy atom. The lowest BCUT2D eigenvalue weighted by molar-refractivity contribution is -0.117. The van der Waals surface area contributed by atoms with Gasteiger partial charge in [-0.3, -0.25) is 14.6 Å². The van der Waals surface area contributed by atoms with Crippen molar-refractivity contribution in [1.82, 2.24) is 20.1 Å². The molecule has 3 aromatic rings. The molecular formula is C32H33F3N4O2. The highest BCUT2D eigenvalue weighted by molar-refractivity contribution is 6.00. The van der Waals surface area contributed by atoms with Crippen LogP contribution in [0.15, 0.2) is 60.8 Å². The summed E-state index contributed by atoms with van der Waals surface area (Å²) < 4.78 is 39.9. The number of rotatable bonds is 6. The van der Waals surface area contributed by atoms with Gasteiger partial charge < -0.3 is 15.1 Å². The van der Waals surface area contributed by atoms with Crippen molar-refractivity contribution in [2.24, 2.45) is 0 Å². The van der Waals surface area contributed by atoms with E-state index in [1.54, 1.807) is 6.20 Å². The van der Waals surface area contributed by atoms with Crippen LogP contribution in [-0.2, 0) is 4.79 Å². The summed E-state index contributed by atoms with van der Waals surface area (Å²) in [6.07, 6.45) is 7.54. The number of aromatic nitrogens is 1. The third kappa shape index (κ3) is 6.68. The summed E-state index contributed by atoms with van der Waals surface area (Å²) in [5.74, 6) is -4.47. The largest absolute Gasteiger partial charge is 0.350 e. The van der Waals surface area contributed by atoms with Crippen LogP contribution in [0.1, 0.15) is 47.2 Å². The van der Waals surface area contributed by atoms with Crippen molar-refractivity contribution in [1.29, 1.82) is 0 Å². The van der Waals surface area contributed by atoms with Crippen molar-refractivity contribution in [2.45, 2.75) is 44.7 Å². The fourth-order valence-corrected chi connectivity index (χ4v) is 5.74. The van der Waals surface area contributed by atoms with Crippen LogP contribution in [0, 0.1) is 24.4 Å². The van der Waals surface area contributed by atoms with Gasteiger partial charge in [-0.15, -0.1) is 0 Å². The number of halogens is 3. The minimum atomic E-state index is -1.53. The van der Waals surface area contributed by atoms with E-state index in [-0.39, 0.29) is 23.4 Å². The number of hydrogen-bond acceptors (Lipinski definition) is 4. The van der Waals surface area contributed by atoms with Crippen LogP contribution >= 0.6 is 0 Å². The van der Waals surface area contributed by atoms with Gasteiger partial charge in [0.25, 0.3) is 5.91 Å². The Morgan fingerprint density at radius 3 is 2.29 bits per heavy atom. The smallest absolute Gasteiger partial charge is 0.256 e. The molecule has 41 heavy (non-hydrogen) atoms. The van der Waals surface area contributed by atoms with Crippen molar-refractivity contribution in [3.05, 3.63) is 94.9 Å². The Hall–Kier alpha value is -3.98. The number of hydrogen-bond donors (Lipinski definition) is 1. The van der Waals surface area contributed by atoms with Crippen LogP contribution in [0.2, 0.25) is 0 Å². The van der Waals surface area contributed by atoms with Crippen molar-refractivity contribution < 1.29 is 22.8 Å². The van der Waals surface area contributed by atoms with Crippen LogP contribution in [0.25, 0.3) is 17.3 Å². The number of carbonyl (C=O) groups is 2. The number of nitrogens with zero attached hydrogens (tertiary/aromatic N) is 3. The molecule has 2 fully saturated rings. The number of carbonyl (C=O) groups excluding carboxylic acids is 2. The molecule has 3 heterocycles. The Morgan fingerprint density at radius 1 is 0.927 bits per heavy atom. The van der Waals surface area contributed by atoms with E-state index >= 15 is 0 Å². The van der Waals surface area contributed by atoms with E-state index in [0.717, 1.165) is 62.0 Å². The Kier molecular flexibility index (Phi) is 8.83. The second-order valence-electron chi connectivity index (χ2n) is 10.7. The van der Waals surface area contributed by atoms with Gasteiger partial charge in [-0.2, -0.15) is 0 Å². The average molecular weight is 563 g/mol. The number of likely N-dealkylation sites (tertiary alicyclic amines) is 2. The fraction of sp³-hybridized carbons (Fsp3) is 0.344. The summed E-state index contributed by atoms with van der Waals surface area (Å²) in [7, 11) is 0.